The Morgan fingerprint density at radius 2 is 1.71 bits per heavy atom. The predicted molar refractivity (Wildman–Crippen MR) is 71.6 cm³/mol. The predicted octanol–water partition coefficient (Wildman–Crippen LogP) is 0.0187. The second-order valence-corrected chi connectivity index (χ2v) is 5.17. The molecule has 8 heteroatoms. The van der Waals surface area contributed by atoms with Gasteiger partial charge in [0.05, 0.1) is 17.7 Å². The van der Waals surface area contributed by atoms with Gasteiger partial charge in [-0.15, -0.1) is 5.11 Å². The van der Waals surface area contributed by atoms with Crippen LogP contribution >= 0.6 is 0 Å². The van der Waals surface area contributed by atoms with E-state index in [1.807, 2.05) is 6.07 Å². The van der Waals surface area contributed by atoms with Gasteiger partial charge in [-0.25, -0.2) is 8.42 Å². The average molecular weight is 314 g/mol. The van der Waals surface area contributed by atoms with Crippen LogP contribution in [0.15, 0.2) is 63.7 Å². The van der Waals surface area contributed by atoms with Crippen LogP contribution in [0.4, 0.5) is 11.4 Å². The second-order valence-electron chi connectivity index (χ2n) is 3.82. The van der Waals surface area contributed by atoms with E-state index in [1.165, 1.54) is 19.2 Å². The normalized spacial score (nSPS) is 11.1. The number of benzene rings is 2. The summed E-state index contributed by atoms with van der Waals surface area (Å²) in [5.41, 5.74) is 0.530. The van der Waals surface area contributed by atoms with Crippen LogP contribution in [0, 0.1) is 0 Å². The first-order valence-electron chi connectivity index (χ1n) is 5.61. The van der Waals surface area contributed by atoms with Crippen LogP contribution in [0.1, 0.15) is 0 Å². The molecule has 0 saturated heterocycles. The first-order valence-corrected chi connectivity index (χ1v) is 7.02. The number of methoxy groups -OCH3 is 1. The van der Waals surface area contributed by atoms with Crippen molar-refractivity contribution >= 4 is 21.5 Å². The van der Waals surface area contributed by atoms with Crippen molar-refractivity contribution in [2.45, 2.75) is 4.90 Å². The van der Waals surface area contributed by atoms with Gasteiger partial charge < -0.3 is 9.29 Å². The summed E-state index contributed by atoms with van der Waals surface area (Å²) in [6.45, 7) is 0. The number of hydrogen-bond acceptors (Lipinski definition) is 6. The van der Waals surface area contributed by atoms with Gasteiger partial charge >= 0.3 is 29.6 Å². The molecular weight excluding hydrogens is 303 g/mol. The van der Waals surface area contributed by atoms with Crippen LogP contribution in [-0.2, 0) is 10.1 Å². The van der Waals surface area contributed by atoms with E-state index >= 15 is 0 Å². The van der Waals surface area contributed by atoms with E-state index in [-0.39, 0.29) is 41.0 Å². The fraction of sp³-hybridized carbons (Fsp3) is 0.0769. The summed E-state index contributed by atoms with van der Waals surface area (Å²) in [4.78, 5) is -0.462. The first-order chi connectivity index (χ1) is 9.50. The minimum Gasteiger partial charge on any atom is -0.744 e. The Labute approximate surface area is 144 Å². The number of rotatable bonds is 4. The average Bonchev–Trinajstić information content (AvgIpc) is 2.45. The van der Waals surface area contributed by atoms with Crippen molar-refractivity contribution in [1.82, 2.24) is 0 Å². The van der Waals surface area contributed by atoms with Crippen LogP contribution in [0.5, 0.6) is 5.75 Å². The quantitative estimate of drug-likeness (QED) is 0.452. The van der Waals surface area contributed by atoms with E-state index < -0.39 is 15.0 Å². The zero-order valence-corrected chi connectivity index (χ0v) is 14.4. The molecule has 0 unspecified atom stereocenters. The summed E-state index contributed by atoms with van der Waals surface area (Å²) in [7, 11) is -3.28. The molecule has 0 atom stereocenters. The molecule has 0 bridgehead atoms. The molecule has 0 fully saturated rings. The second kappa shape index (κ2) is 7.67. The largest absolute Gasteiger partial charge is 1.00 e. The molecule has 0 amide bonds. The maximum Gasteiger partial charge on any atom is 1.00 e. The maximum atomic E-state index is 11.2. The third-order valence-electron chi connectivity index (χ3n) is 2.47. The smallest absolute Gasteiger partial charge is 0.744 e. The SMILES string of the molecule is COc1ccc(N=Nc2ccccc2)c(S(=O)(=O)[O-])c1.[Na+]. The summed E-state index contributed by atoms with van der Waals surface area (Å²) in [6, 6.07) is 12.8. The zero-order valence-electron chi connectivity index (χ0n) is 11.6. The summed E-state index contributed by atoms with van der Waals surface area (Å²) in [5, 5.41) is 7.70. The Morgan fingerprint density at radius 3 is 2.29 bits per heavy atom. The van der Waals surface area contributed by atoms with Crippen LogP contribution in [0.3, 0.4) is 0 Å². The van der Waals surface area contributed by atoms with Gasteiger partial charge in [-0.2, -0.15) is 5.11 Å². The molecule has 0 aromatic heterocycles. The minimum absolute atomic E-state index is 0. The van der Waals surface area contributed by atoms with E-state index in [9.17, 15) is 13.0 Å². The standard InChI is InChI=1S/C13H12N2O4S.Na/c1-19-11-7-8-12(13(9-11)20(16,17)18)15-14-10-5-3-2-4-6-10;/h2-9H,1H3,(H,16,17,18);/q;+1/p-1. The van der Waals surface area contributed by atoms with E-state index in [0.29, 0.717) is 5.69 Å². The summed E-state index contributed by atoms with van der Waals surface area (Å²) in [6.07, 6.45) is 0. The van der Waals surface area contributed by atoms with Gasteiger partial charge in [0.1, 0.15) is 21.6 Å². The summed E-state index contributed by atoms with van der Waals surface area (Å²) < 4.78 is 38.6. The number of azo groups is 1. The molecular formula is C13H11N2NaO4S. The molecule has 2 aromatic rings. The molecule has 0 aliphatic heterocycles. The van der Waals surface area contributed by atoms with E-state index in [4.69, 9.17) is 4.74 Å². The van der Waals surface area contributed by atoms with Gasteiger partial charge in [-0.1, -0.05) is 18.2 Å². The molecule has 104 valence electrons. The molecule has 0 aliphatic rings. The van der Waals surface area contributed by atoms with Crippen molar-refractivity contribution in [1.29, 1.82) is 0 Å². The van der Waals surface area contributed by atoms with Crippen LogP contribution in [0.2, 0.25) is 0 Å². The van der Waals surface area contributed by atoms with E-state index in [2.05, 4.69) is 10.2 Å². The van der Waals surface area contributed by atoms with Crippen molar-refractivity contribution in [3.63, 3.8) is 0 Å². The third-order valence-corrected chi connectivity index (χ3v) is 3.33. The van der Waals surface area contributed by atoms with Crippen molar-refractivity contribution in [3.8, 4) is 5.75 Å². The minimum atomic E-state index is -4.65. The van der Waals surface area contributed by atoms with Gasteiger partial charge in [0.2, 0.25) is 0 Å². The molecule has 21 heavy (non-hydrogen) atoms. The molecule has 2 aromatic carbocycles. The Morgan fingerprint density at radius 1 is 1.05 bits per heavy atom. The molecule has 0 N–H and O–H groups in total. The molecule has 2 rings (SSSR count). The fourth-order valence-electron chi connectivity index (χ4n) is 1.51. The number of hydrogen-bond donors (Lipinski definition) is 0. The Bertz CT molecular complexity index is 733. The molecule has 0 radical (unpaired) electrons. The van der Waals surface area contributed by atoms with E-state index in [1.54, 1.807) is 24.3 Å². The van der Waals surface area contributed by atoms with Crippen molar-refractivity contribution in [2.24, 2.45) is 10.2 Å². The molecule has 0 saturated carbocycles. The maximum absolute atomic E-state index is 11.2. The fourth-order valence-corrected chi connectivity index (χ4v) is 2.14. The number of nitrogens with zero attached hydrogens (tertiary/aromatic N) is 2. The van der Waals surface area contributed by atoms with Crippen LogP contribution < -0.4 is 34.3 Å². The van der Waals surface area contributed by atoms with Gasteiger partial charge in [-0.3, -0.25) is 0 Å². The Kier molecular flexibility index (Phi) is 6.50. The van der Waals surface area contributed by atoms with Gasteiger partial charge in [0, 0.05) is 0 Å². The molecule has 6 nitrogen and oxygen atoms in total. The van der Waals surface area contributed by atoms with E-state index in [0.717, 1.165) is 6.07 Å². The number of ether oxygens (including phenoxy) is 1. The van der Waals surface area contributed by atoms with Gasteiger partial charge in [0.15, 0.2) is 0 Å². The Hall–Kier alpha value is -1.25. The van der Waals surface area contributed by atoms with Crippen molar-refractivity contribution < 1.29 is 47.3 Å². The molecule has 0 aliphatic carbocycles. The van der Waals surface area contributed by atoms with Crippen molar-refractivity contribution in [2.75, 3.05) is 7.11 Å². The van der Waals surface area contributed by atoms with Crippen LogP contribution in [-0.4, -0.2) is 20.1 Å². The monoisotopic (exact) mass is 314 g/mol. The Balaban J connectivity index is 0.00000220. The first kappa shape index (κ1) is 17.8. The van der Waals surface area contributed by atoms with Gasteiger partial charge in [-0.05, 0) is 30.3 Å². The third kappa shape index (κ3) is 4.90. The molecule has 0 heterocycles. The summed E-state index contributed by atoms with van der Waals surface area (Å²) in [5.74, 6) is 0.262. The van der Waals surface area contributed by atoms with Crippen LogP contribution in [0.25, 0.3) is 0 Å². The topological polar surface area (TPSA) is 91.2 Å². The zero-order chi connectivity index (χ0) is 14.6. The van der Waals surface area contributed by atoms with Crippen molar-refractivity contribution in [3.05, 3.63) is 48.5 Å². The van der Waals surface area contributed by atoms with Gasteiger partial charge in [0.25, 0.3) is 0 Å². The summed E-state index contributed by atoms with van der Waals surface area (Å²) >= 11 is 0. The molecule has 0 spiro atoms.